The summed E-state index contributed by atoms with van der Waals surface area (Å²) in [6.07, 6.45) is 0. The van der Waals surface area contributed by atoms with E-state index in [2.05, 4.69) is 5.32 Å². The van der Waals surface area contributed by atoms with E-state index in [4.69, 9.17) is 39.9 Å². The van der Waals surface area contributed by atoms with Crippen LogP contribution in [0.2, 0.25) is 10.0 Å². The van der Waals surface area contributed by atoms with E-state index < -0.39 is 17.8 Å². The maximum absolute atomic E-state index is 12.6. The molecule has 3 rings (SSSR count). The molecule has 0 bridgehead atoms. The van der Waals surface area contributed by atoms with Gasteiger partial charge in [-0.25, -0.2) is 4.79 Å². The molecule has 2 amide bonds. The number of aromatic carboxylic acids is 1. The molecule has 2 aromatic rings. The molecule has 0 atom stereocenters. The molecule has 0 aromatic heterocycles. The van der Waals surface area contributed by atoms with Gasteiger partial charge in [0, 0.05) is 15.7 Å². The second-order valence-corrected chi connectivity index (χ2v) is 6.85. The summed E-state index contributed by atoms with van der Waals surface area (Å²) in [6, 6.07) is 10.4. The van der Waals surface area contributed by atoms with Crippen LogP contribution >= 0.6 is 34.8 Å². The van der Waals surface area contributed by atoms with E-state index in [9.17, 15) is 14.4 Å². The maximum atomic E-state index is 12.6. The molecule has 1 aliphatic rings. The Morgan fingerprint density at radius 2 is 1.67 bits per heavy atom. The first kappa shape index (κ1) is 19.2. The zero-order valence-corrected chi connectivity index (χ0v) is 15.8. The van der Waals surface area contributed by atoms with E-state index in [1.165, 1.54) is 30.3 Å². The highest BCUT2D eigenvalue weighted by Gasteiger charge is 2.38. The topological polar surface area (TPSA) is 86.7 Å². The highest BCUT2D eigenvalue weighted by atomic mass is 35.5. The van der Waals surface area contributed by atoms with Gasteiger partial charge in [-0.05, 0) is 42.0 Å². The molecular formula is C18H11Cl3N2O4. The number of halogens is 3. The van der Waals surface area contributed by atoms with E-state index in [0.29, 0.717) is 21.3 Å². The molecule has 6 nitrogen and oxygen atoms in total. The SMILES string of the molecule is O=C(O)c1ccc(NC2=C(Cl)C(=O)N(Cc3ccc(Cl)cc3Cl)C2=O)cc1. The van der Waals surface area contributed by atoms with Gasteiger partial charge in [-0.3, -0.25) is 14.5 Å². The zero-order valence-electron chi connectivity index (χ0n) is 13.5. The first-order valence-corrected chi connectivity index (χ1v) is 8.71. The van der Waals surface area contributed by atoms with Crippen molar-refractivity contribution in [3.8, 4) is 0 Å². The lowest BCUT2D eigenvalue weighted by Gasteiger charge is -2.16. The number of hydrogen-bond acceptors (Lipinski definition) is 4. The van der Waals surface area contributed by atoms with Crippen LogP contribution in [0.15, 0.2) is 53.2 Å². The molecule has 0 aliphatic carbocycles. The number of anilines is 1. The Balaban J connectivity index is 1.80. The van der Waals surface area contributed by atoms with E-state index in [-0.39, 0.29) is 22.8 Å². The van der Waals surface area contributed by atoms with E-state index >= 15 is 0 Å². The van der Waals surface area contributed by atoms with Crippen LogP contribution in [0, 0.1) is 0 Å². The van der Waals surface area contributed by atoms with Crippen molar-refractivity contribution in [2.45, 2.75) is 6.54 Å². The van der Waals surface area contributed by atoms with Gasteiger partial charge in [0.15, 0.2) is 0 Å². The van der Waals surface area contributed by atoms with Crippen LogP contribution in [0.25, 0.3) is 0 Å². The van der Waals surface area contributed by atoms with E-state index in [1.54, 1.807) is 12.1 Å². The highest BCUT2D eigenvalue weighted by Crippen LogP contribution is 2.29. The number of amides is 2. The van der Waals surface area contributed by atoms with Crippen molar-refractivity contribution in [3.05, 3.63) is 74.4 Å². The molecule has 0 saturated heterocycles. The summed E-state index contributed by atoms with van der Waals surface area (Å²) in [5, 5.41) is 12.2. The van der Waals surface area contributed by atoms with Crippen molar-refractivity contribution >= 4 is 58.3 Å². The Kier molecular flexibility index (Phi) is 5.41. The molecule has 0 fully saturated rings. The van der Waals surface area contributed by atoms with Gasteiger partial charge >= 0.3 is 5.97 Å². The van der Waals surface area contributed by atoms with Crippen LogP contribution in [-0.2, 0) is 16.1 Å². The number of nitrogens with one attached hydrogen (secondary N) is 1. The average molecular weight is 426 g/mol. The predicted octanol–water partition coefficient (Wildman–Crippen LogP) is 4.12. The summed E-state index contributed by atoms with van der Waals surface area (Å²) in [5.41, 5.74) is 0.961. The Hall–Kier alpha value is -2.54. The van der Waals surface area contributed by atoms with Crippen molar-refractivity contribution in [3.63, 3.8) is 0 Å². The van der Waals surface area contributed by atoms with Gasteiger partial charge in [-0.1, -0.05) is 40.9 Å². The first-order chi connectivity index (χ1) is 12.8. The molecule has 27 heavy (non-hydrogen) atoms. The summed E-state index contributed by atoms with van der Waals surface area (Å²) < 4.78 is 0. The van der Waals surface area contributed by atoms with Gasteiger partial charge < -0.3 is 10.4 Å². The summed E-state index contributed by atoms with van der Waals surface area (Å²) in [6.45, 7) is -0.0625. The number of rotatable bonds is 5. The van der Waals surface area contributed by atoms with Crippen LogP contribution in [0.4, 0.5) is 5.69 Å². The Labute approximate surface area is 168 Å². The van der Waals surface area contributed by atoms with E-state index in [1.807, 2.05) is 0 Å². The van der Waals surface area contributed by atoms with Crippen molar-refractivity contribution in [1.29, 1.82) is 0 Å². The predicted molar refractivity (Wildman–Crippen MR) is 102 cm³/mol. The number of carbonyl (C=O) groups excluding carboxylic acids is 2. The number of nitrogens with zero attached hydrogens (tertiary/aromatic N) is 1. The van der Waals surface area contributed by atoms with Crippen molar-refractivity contribution < 1.29 is 19.5 Å². The molecule has 2 aromatic carbocycles. The lowest BCUT2D eigenvalue weighted by Crippen LogP contribution is -2.32. The Bertz CT molecular complexity index is 987. The third-order valence-corrected chi connectivity index (χ3v) is 4.79. The highest BCUT2D eigenvalue weighted by molar-refractivity contribution is 6.48. The van der Waals surface area contributed by atoms with Gasteiger partial charge in [0.05, 0.1) is 12.1 Å². The van der Waals surface area contributed by atoms with Crippen LogP contribution < -0.4 is 5.32 Å². The van der Waals surface area contributed by atoms with Gasteiger partial charge in [0.25, 0.3) is 11.8 Å². The average Bonchev–Trinajstić information content (AvgIpc) is 2.82. The van der Waals surface area contributed by atoms with Gasteiger partial charge in [0.2, 0.25) is 0 Å². The molecule has 0 spiro atoms. The van der Waals surface area contributed by atoms with Crippen molar-refractivity contribution in [2.24, 2.45) is 0 Å². The second-order valence-electron chi connectivity index (χ2n) is 5.63. The Morgan fingerprint density at radius 3 is 2.26 bits per heavy atom. The summed E-state index contributed by atoms with van der Waals surface area (Å²) in [7, 11) is 0. The molecule has 1 heterocycles. The minimum Gasteiger partial charge on any atom is -0.478 e. The Morgan fingerprint density at radius 1 is 1.00 bits per heavy atom. The summed E-state index contributed by atoms with van der Waals surface area (Å²) in [5.74, 6) is -2.34. The molecule has 1 aliphatic heterocycles. The number of imide groups is 1. The standard InChI is InChI=1S/C18H11Cl3N2O4/c19-11-4-1-10(13(20)7-11)8-23-16(24)14(21)15(17(23)25)22-12-5-2-9(3-6-12)18(26)27/h1-7,22H,8H2,(H,26,27). The fourth-order valence-electron chi connectivity index (χ4n) is 2.46. The molecule has 0 radical (unpaired) electrons. The molecule has 0 saturated carbocycles. The third-order valence-electron chi connectivity index (χ3n) is 3.86. The third kappa shape index (κ3) is 3.93. The molecule has 138 valence electrons. The van der Waals surface area contributed by atoms with Gasteiger partial charge in [-0.15, -0.1) is 0 Å². The number of hydrogen-bond donors (Lipinski definition) is 2. The fraction of sp³-hybridized carbons (Fsp3) is 0.0556. The lowest BCUT2D eigenvalue weighted by molar-refractivity contribution is -0.138. The normalized spacial score (nSPS) is 14.1. The van der Waals surface area contributed by atoms with E-state index in [0.717, 1.165) is 4.90 Å². The van der Waals surface area contributed by atoms with Crippen LogP contribution in [0.3, 0.4) is 0 Å². The molecular weight excluding hydrogens is 415 g/mol. The minimum atomic E-state index is -1.07. The second kappa shape index (κ2) is 7.60. The molecule has 0 unspecified atom stereocenters. The van der Waals surface area contributed by atoms with Gasteiger partial charge in [-0.2, -0.15) is 0 Å². The van der Waals surface area contributed by atoms with Crippen LogP contribution in [0.1, 0.15) is 15.9 Å². The number of carboxylic acid groups (broad SMARTS) is 1. The number of carboxylic acids is 1. The quantitative estimate of drug-likeness (QED) is 0.704. The van der Waals surface area contributed by atoms with Crippen molar-refractivity contribution in [2.75, 3.05) is 5.32 Å². The summed E-state index contributed by atoms with van der Waals surface area (Å²) >= 11 is 18.0. The minimum absolute atomic E-state index is 0.0625. The van der Waals surface area contributed by atoms with Gasteiger partial charge in [0.1, 0.15) is 10.7 Å². The number of benzene rings is 2. The zero-order chi connectivity index (χ0) is 19.7. The maximum Gasteiger partial charge on any atom is 0.335 e. The largest absolute Gasteiger partial charge is 0.478 e. The lowest BCUT2D eigenvalue weighted by atomic mass is 10.2. The molecule has 9 heteroatoms. The smallest absolute Gasteiger partial charge is 0.335 e. The fourth-order valence-corrected chi connectivity index (χ4v) is 3.16. The van der Waals surface area contributed by atoms with Crippen molar-refractivity contribution in [1.82, 2.24) is 4.90 Å². The number of carbonyl (C=O) groups is 3. The van der Waals surface area contributed by atoms with Crippen LogP contribution in [-0.4, -0.2) is 27.8 Å². The molecule has 2 N–H and O–H groups in total. The first-order valence-electron chi connectivity index (χ1n) is 7.58. The van der Waals surface area contributed by atoms with Crippen LogP contribution in [0.5, 0.6) is 0 Å². The monoisotopic (exact) mass is 424 g/mol. The summed E-state index contributed by atoms with van der Waals surface area (Å²) in [4.78, 5) is 36.9.